The minimum Gasteiger partial charge on any atom is -0.328 e. The van der Waals surface area contributed by atoms with Crippen LogP contribution in [0.1, 0.15) is 28.1 Å². The minimum atomic E-state index is 0.245. The van der Waals surface area contributed by atoms with Crippen LogP contribution in [0.3, 0.4) is 0 Å². The van der Waals surface area contributed by atoms with Crippen LogP contribution in [0.5, 0.6) is 0 Å². The molecule has 1 saturated heterocycles. The molecule has 2 heterocycles. The summed E-state index contributed by atoms with van der Waals surface area (Å²) in [6.07, 6.45) is 2.02. The quantitative estimate of drug-likeness (QED) is 0.815. The van der Waals surface area contributed by atoms with Crippen LogP contribution >= 0.6 is 11.3 Å². The third kappa shape index (κ3) is 2.70. The molecule has 1 fully saturated rings. The monoisotopic (exact) mass is 238 g/mol. The highest BCUT2D eigenvalue weighted by molar-refractivity contribution is 7.10. The lowest BCUT2D eigenvalue weighted by atomic mass is 10.1. The van der Waals surface area contributed by atoms with Crippen molar-refractivity contribution in [2.45, 2.75) is 25.8 Å². The first-order valence-corrected chi connectivity index (χ1v) is 6.60. The predicted octanol–water partition coefficient (Wildman–Crippen LogP) is 1.66. The van der Waals surface area contributed by atoms with Crippen LogP contribution in [0.15, 0.2) is 11.4 Å². The molecule has 1 aliphatic rings. The van der Waals surface area contributed by atoms with Crippen molar-refractivity contribution in [2.24, 2.45) is 5.73 Å². The summed E-state index contributed by atoms with van der Waals surface area (Å²) < 4.78 is 0. The maximum absolute atomic E-state index is 12.0. The number of nitrogens with zero attached hydrogens (tertiary/aromatic N) is 1. The van der Waals surface area contributed by atoms with E-state index in [9.17, 15) is 4.79 Å². The van der Waals surface area contributed by atoms with Crippen molar-refractivity contribution in [1.29, 1.82) is 0 Å². The molecule has 0 unspecified atom stereocenters. The molecule has 4 heteroatoms. The van der Waals surface area contributed by atoms with E-state index in [0.717, 1.165) is 36.4 Å². The van der Waals surface area contributed by atoms with Crippen LogP contribution in [0.2, 0.25) is 0 Å². The van der Waals surface area contributed by atoms with E-state index in [-0.39, 0.29) is 5.78 Å². The average molecular weight is 238 g/mol. The molecule has 2 N–H and O–H groups in total. The van der Waals surface area contributed by atoms with Gasteiger partial charge in [0, 0.05) is 29.6 Å². The lowest BCUT2D eigenvalue weighted by Crippen LogP contribution is -2.41. The largest absolute Gasteiger partial charge is 0.328 e. The zero-order valence-corrected chi connectivity index (χ0v) is 10.4. The number of piperidine rings is 1. The van der Waals surface area contributed by atoms with E-state index in [2.05, 4.69) is 4.90 Å². The topological polar surface area (TPSA) is 46.3 Å². The van der Waals surface area contributed by atoms with Gasteiger partial charge in [0.2, 0.25) is 0 Å². The molecule has 0 radical (unpaired) electrons. The van der Waals surface area contributed by atoms with Crippen molar-refractivity contribution in [3.8, 4) is 0 Å². The van der Waals surface area contributed by atoms with E-state index in [1.165, 1.54) is 0 Å². The Morgan fingerprint density at radius 1 is 1.56 bits per heavy atom. The van der Waals surface area contributed by atoms with Crippen LogP contribution in [0, 0.1) is 6.92 Å². The maximum Gasteiger partial charge on any atom is 0.177 e. The van der Waals surface area contributed by atoms with Gasteiger partial charge in [-0.1, -0.05) is 0 Å². The minimum absolute atomic E-state index is 0.245. The number of carbonyl (C=O) groups excluding carboxylic acids is 1. The third-order valence-electron chi connectivity index (χ3n) is 3.16. The number of hydrogen-bond acceptors (Lipinski definition) is 4. The Morgan fingerprint density at radius 3 is 2.81 bits per heavy atom. The summed E-state index contributed by atoms with van der Waals surface area (Å²) >= 11 is 1.64. The van der Waals surface area contributed by atoms with Crippen molar-refractivity contribution in [1.82, 2.24) is 4.90 Å². The number of aryl methyl sites for hydroxylation is 1. The Morgan fingerprint density at radius 2 is 2.25 bits per heavy atom. The summed E-state index contributed by atoms with van der Waals surface area (Å²) in [5.74, 6) is 0.245. The SMILES string of the molecule is Cc1sccc1C(=O)CN1CCC(N)CC1. The molecule has 0 amide bonds. The fourth-order valence-electron chi connectivity index (χ4n) is 2.07. The van der Waals surface area contributed by atoms with Gasteiger partial charge in [0.05, 0.1) is 6.54 Å². The highest BCUT2D eigenvalue weighted by atomic mass is 32.1. The van der Waals surface area contributed by atoms with Crippen LogP contribution in [-0.4, -0.2) is 36.4 Å². The summed E-state index contributed by atoms with van der Waals surface area (Å²) in [4.78, 5) is 15.3. The number of likely N-dealkylation sites (tertiary alicyclic amines) is 1. The summed E-state index contributed by atoms with van der Waals surface area (Å²) in [5.41, 5.74) is 6.73. The Labute approximate surface area is 100 Å². The molecule has 1 aromatic heterocycles. The molecule has 0 spiro atoms. The van der Waals surface area contributed by atoms with E-state index in [4.69, 9.17) is 5.73 Å². The van der Waals surface area contributed by atoms with Gasteiger partial charge in [-0.2, -0.15) is 0 Å². The number of rotatable bonds is 3. The van der Waals surface area contributed by atoms with Gasteiger partial charge in [-0.3, -0.25) is 9.69 Å². The molecule has 88 valence electrons. The van der Waals surface area contributed by atoms with Gasteiger partial charge in [0.15, 0.2) is 5.78 Å². The Hall–Kier alpha value is -0.710. The second kappa shape index (κ2) is 5.08. The Kier molecular flexibility index (Phi) is 3.74. The molecule has 1 aromatic rings. The second-order valence-electron chi connectivity index (χ2n) is 4.43. The summed E-state index contributed by atoms with van der Waals surface area (Å²) in [6.45, 7) is 4.46. The highest BCUT2D eigenvalue weighted by Crippen LogP contribution is 2.17. The third-order valence-corrected chi connectivity index (χ3v) is 4.00. The van der Waals surface area contributed by atoms with Gasteiger partial charge >= 0.3 is 0 Å². The zero-order chi connectivity index (χ0) is 11.5. The van der Waals surface area contributed by atoms with Crippen LogP contribution < -0.4 is 5.73 Å². The van der Waals surface area contributed by atoms with Crippen molar-refractivity contribution in [3.63, 3.8) is 0 Å². The molecule has 16 heavy (non-hydrogen) atoms. The lowest BCUT2D eigenvalue weighted by molar-refractivity contribution is 0.0910. The number of Topliss-reactive ketones (excluding diaryl/α,β-unsaturated/α-hetero) is 1. The number of nitrogens with two attached hydrogens (primary N) is 1. The number of thiophene rings is 1. The van der Waals surface area contributed by atoms with Gasteiger partial charge in [0.25, 0.3) is 0 Å². The number of hydrogen-bond donors (Lipinski definition) is 1. The van der Waals surface area contributed by atoms with Crippen LogP contribution in [-0.2, 0) is 0 Å². The van der Waals surface area contributed by atoms with Gasteiger partial charge in [-0.15, -0.1) is 11.3 Å². The van der Waals surface area contributed by atoms with Crippen molar-refractivity contribution >= 4 is 17.1 Å². The summed E-state index contributed by atoms with van der Waals surface area (Å²) in [5, 5.41) is 1.98. The van der Waals surface area contributed by atoms with E-state index in [1.807, 2.05) is 18.4 Å². The van der Waals surface area contributed by atoms with Gasteiger partial charge in [0.1, 0.15) is 0 Å². The van der Waals surface area contributed by atoms with E-state index < -0.39 is 0 Å². The average Bonchev–Trinajstić information content (AvgIpc) is 2.68. The molecule has 0 aliphatic carbocycles. The van der Waals surface area contributed by atoms with E-state index in [0.29, 0.717) is 12.6 Å². The molecule has 2 rings (SSSR count). The standard InChI is InChI=1S/C12H18N2OS/c1-9-11(4-7-16-9)12(15)8-14-5-2-10(13)3-6-14/h4,7,10H,2-3,5-6,8,13H2,1H3. The fourth-order valence-corrected chi connectivity index (χ4v) is 2.79. The normalized spacial score (nSPS) is 18.9. The highest BCUT2D eigenvalue weighted by Gasteiger charge is 2.19. The Bertz CT molecular complexity index is 367. The number of ketones is 1. The smallest absolute Gasteiger partial charge is 0.177 e. The first kappa shape index (κ1) is 11.8. The summed E-state index contributed by atoms with van der Waals surface area (Å²) in [7, 11) is 0. The van der Waals surface area contributed by atoms with Crippen molar-refractivity contribution < 1.29 is 4.79 Å². The first-order chi connectivity index (χ1) is 7.66. The van der Waals surface area contributed by atoms with Gasteiger partial charge < -0.3 is 5.73 Å². The predicted molar refractivity (Wildman–Crippen MR) is 67.0 cm³/mol. The van der Waals surface area contributed by atoms with Gasteiger partial charge in [-0.05, 0) is 31.2 Å². The molecule has 0 aromatic carbocycles. The second-order valence-corrected chi connectivity index (χ2v) is 5.55. The molecule has 0 atom stereocenters. The lowest BCUT2D eigenvalue weighted by Gasteiger charge is -2.29. The Balaban J connectivity index is 1.91. The van der Waals surface area contributed by atoms with Crippen molar-refractivity contribution in [2.75, 3.05) is 19.6 Å². The fraction of sp³-hybridized carbons (Fsp3) is 0.583. The molecular weight excluding hydrogens is 220 g/mol. The zero-order valence-electron chi connectivity index (χ0n) is 9.61. The summed E-state index contributed by atoms with van der Waals surface area (Å²) in [6, 6.07) is 2.26. The molecule has 1 aliphatic heterocycles. The van der Waals surface area contributed by atoms with Gasteiger partial charge in [-0.25, -0.2) is 0 Å². The molecular formula is C12H18N2OS. The van der Waals surface area contributed by atoms with Crippen molar-refractivity contribution in [3.05, 3.63) is 21.9 Å². The number of carbonyl (C=O) groups is 1. The van der Waals surface area contributed by atoms with Crippen LogP contribution in [0.25, 0.3) is 0 Å². The molecule has 3 nitrogen and oxygen atoms in total. The van der Waals surface area contributed by atoms with Crippen LogP contribution in [0.4, 0.5) is 0 Å². The maximum atomic E-state index is 12.0. The van der Waals surface area contributed by atoms with E-state index >= 15 is 0 Å². The van der Waals surface area contributed by atoms with E-state index in [1.54, 1.807) is 11.3 Å². The molecule has 0 bridgehead atoms. The first-order valence-electron chi connectivity index (χ1n) is 5.72. The molecule has 0 saturated carbocycles.